The van der Waals surface area contributed by atoms with Crippen molar-refractivity contribution in [2.75, 3.05) is 0 Å². The lowest BCUT2D eigenvalue weighted by Crippen LogP contribution is -2.34. The Labute approximate surface area is 241 Å². The maximum atomic E-state index is 13.4. The second-order valence-corrected chi connectivity index (χ2v) is 13.0. The van der Waals surface area contributed by atoms with E-state index in [1.807, 2.05) is 18.2 Å². The third-order valence-electron chi connectivity index (χ3n) is 9.16. The Kier molecular flexibility index (Phi) is 17.4. The number of carbonyl (C=O) groups is 2. The van der Waals surface area contributed by atoms with Crippen LogP contribution in [0.1, 0.15) is 161 Å². The van der Waals surface area contributed by atoms with Crippen molar-refractivity contribution in [1.29, 1.82) is 0 Å². The summed E-state index contributed by atoms with van der Waals surface area (Å²) in [5.41, 5.74) is 1.11. The van der Waals surface area contributed by atoms with Crippen molar-refractivity contribution in [2.24, 2.45) is 23.7 Å². The third kappa shape index (κ3) is 14.0. The van der Waals surface area contributed by atoms with Gasteiger partial charge in [0, 0.05) is 18.8 Å². The van der Waals surface area contributed by atoms with Crippen LogP contribution >= 0.6 is 0 Å². The summed E-state index contributed by atoms with van der Waals surface area (Å²) in [4.78, 5) is 26.2. The molecule has 0 saturated heterocycles. The Balaban J connectivity index is 1.68. The van der Waals surface area contributed by atoms with Crippen molar-refractivity contribution in [1.82, 2.24) is 5.32 Å². The van der Waals surface area contributed by atoms with Gasteiger partial charge in [0.2, 0.25) is 5.91 Å². The molecule has 3 heteroatoms. The number of ketones is 1. The van der Waals surface area contributed by atoms with Gasteiger partial charge >= 0.3 is 0 Å². The van der Waals surface area contributed by atoms with Gasteiger partial charge in [0.05, 0.1) is 6.04 Å². The van der Waals surface area contributed by atoms with Crippen LogP contribution in [0.25, 0.3) is 0 Å². The first-order chi connectivity index (χ1) is 18.9. The van der Waals surface area contributed by atoms with Crippen LogP contribution < -0.4 is 5.32 Å². The van der Waals surface area contributed by atoms with Crippen LogP contribution in [0, 0.1) is 23.7 Å². The monoisotopic (exact) mass is 539 g/mol. The maximum absolute atomic E-state index is 13.4. The number of hydrogen-bond acceptors (Lipinski definition) is 2. The van der Waals surface area contributed by atoms with Crippen molar-refractivity contribution in [3.05, 3.63) is 35.9 Å². The summed E-state index contributed by atoms with van der Waals surface area (Å²) in [6.07, 6.45) is 22.3. The van der Waals surface area contributed by atoms with Crippen LogP contribution in [0.2, 0.25) is 0 Å². The molecule has 1 aliphatic rings. The van der Waals surface area contributed by atoms with Crippen molar-refractivity contribution in [2.45, 2.75) is 156 Å². The summed E-state index contributed by atoms with van der Waals surface area (Å²) in [6, 6.07) is 10.2. The minimum absolute atomic E-state index is 0.0804. The maximum Gasteiger partial charge on any atom is 0.220 e. The number of carbonyl (C=O) groups excluding carboxylic acids is 2. The van der Waals surface area contributed by atoms with Gasteiger partial charge in [-0.25, -0.2) is 0 Å². The first kappa shape index (κ1) is 33.6. The van der Waals surface area contributed by atoms with Crippen molar-refractivity contribution in [3.8, 4) is 0 Å². The Morgan fingerprint density at radius 3 is 1.92 bits per heavy atom. The highest BCUT2D eigenvalue weighted by Crippen LogP contribution is 2.39. The fourth-order valence-corrected chi connectivity index (χ4v) is 6.62. The van der Waals surface area contributed by atoms with Gasteiger partial charge in [0.1, 0.15) is 5.78 Å². The lowest BCUT2D eigenvalue weighted by Gasteiger charge is -2.36. The Bertz CT molecular complexity index is 774. The summed E-state index contributed by atoms with van der Waals surface area (Å²) in [7, 11) is 0. The van der Waals surface area contributed by atoms with Gasteiger partial charge in [-0.3, -0.25) is 9.59 Å². The summed E-state index contributed by atoms with van der Waals surface area (Å²) >= 11 is 0. The highest BCUT2D eigenvalue weighted by atomic mass is 16.1. The van der Waals surface area contributed by atoms with Gasteiger partial charge in [-0.15, -0.1) is 0 Å². The zero-order valence-corrected chi connectivity index (χ0v) is 26.0. The number of rotatable bonds is 21. The van der Waals surface area contributed by atoms with E-state index < -0.39 is 0 Å². The van der Waals surface area contributed by atoms with Crippen molar-refractivity contribution < 1.29 is 9.59 Å². The van der Waals surface area contributed by atoms with Crippen molar-refractivity contribution in [3.63, 3.8) is 0 Å². The minimum Gasteiger partial charge on any atom is -0.349 e. The highest BCUT2D eigenvalue weighted by molar-refractivity contribution is 5.81. The molecule has 1 N–H and O–H groups in total. The second kappa shape index (κ2) is 20.3. The molecule has 1 aliphatic carbocycles. The number of nitrogens with one attached hydrogen (secondary N) is 1. The molecule has 222 valence electrons. The molecule has 1 amide bonds. The molecule has 0 bridgehead atoms. The van der Waals surface area contributed by atoms with E-state index >= 15 is 0 Å². The molecule has 0 spiro atoms. The Morgan fingerprint density at radius 1 is 0.795 bits per heavy atom. The second-order valence-electron chi connectivity index (χ2n) is 13.0. The predicted molar refractivity (Wildman–Crippen MR) is 167 cm³/mol. The lowest BCUT2D eigenvalue weighted by molar-refractivity contribution is -0.128. The predicted octanol–water partition coefficient (Wildman–Crippen LogP) is 10.4. The number of amides is 1. The Hall–Kier alpha value is -1.64. The van der Waals surface area contributed by atoms with Gasteiger partial charge < -0.3 is 5.32 Å². The fourth-order valence-electron chi connectivity index (χ4n) is 6.62. The van der Waals surface area contributed by atoms with Crippen LogP contribution in [0.15, 0.2) is 30.3 Å². The standard InChI is InChI=1S/C36H61NO2/c1-5-6-7-8-9-10-11-12-13-14-15-16-20-23-36(39)37-34(31-21-18-17-19-22-31)26-27-35(38)33-28-30(4)24-25-32(33)29(2)3/h17-19,21-22,29-30,32-34H,5-16,20,23-28H2,1-4H3,(H,37,39)/t30-,32+,33-,34-/m1/s1. The molecule has 1 fully saturated rings. The molecule has 3 nitrogen and oxygen atoms in total. The number of hydrogen-bond donors (Lipinski definition) is 1. The average Bonchev–Trinajstić information content (AvgIpc) is 2.93. The number of benzene rings is 1. The first-order valence-corrected chi connectivity index (χ1v) is 16.8. The van der Waals surface area contributed by atoms with E-state index in [0.717, 1.165) is 24.8 Å². The molecule has 39 heavy (non-hydrogen) atoms. The molecule has 2 rings (SSSR count). The van der Waals surface area contributed by atoms with Crippen LogP contribution in [-0.4, -0.2) is 11.7 Å². The first-order valence-electron chi connectivity index (χ1n) is 16.8. The van der Waals surface area contributed by atoms with E-state index in [2.05, 4.69) is 45.1 Å². The summed E-state index contributed by atoms with van der Waals surface area (Å²) in [5.74, 6) is 2.42. The van der Waals surface area contributed by atoms with Crippen LogP contribution in [-0.2, 0) is 9.59 Å². The van der Waals surface area contributed by atoms with E-state index in [4.69, 9.17) is 0 Å². The highest BCUT2D eigenvalue weighted by Gasteiger charge is 2.35. The van der Waals surface area contributed by atoms with Gasteiger partial charge in [0.15, 0.2) is 0 Å². The smallest absolute Gasteiger partial charge is 0.220 e. The normalized spacial score (nSPS) is 20.2. The van der Waals surface area contributed by atoms with Gasteiger partial charge in [-0.05, 0) is 49.0 Å². The molecular formula is C36H61NO2. The molecule has 0 aromatic heterocycles. The summed E-state index contributed by atoms with van der Waals surface area (Å²) < 4.78 is 0. The number of unbranched alkanes of at least 4 members (excludes halogenated alkanes) is 12. The summed E-state index contributed by atoms with van der Waals surface area (Å²) in [6.45, 7) is 9.10. The van der Waals surface area contributed by atoms with Gasteiger partial charge in [-0.1, -0.05) is 141 Å². The third-order valence-corrected chi connectivity index (χ3v) is 9.16. The van der Waals surface area contributed by atoms with Crippen LogP contribution in [0.5, 0.6) is 0 Å². The van der Waals surface area contributed by atoms with Crippen LogP contribution in [0.3, 0.4) is 0 Å². The molecular weight excluding hydrogens is 478 g/mol. The molecule has 0 unspecified atom stereocenters. The molecule has 1 aromatic carbocycles. The number of Topliss-reactive ketones (excluding diaryl/α,β-unsaturated/α-hetero) is 1. The molecule has 0 aliphatic heterocycles. The Morgan fingerprint density at radius 2 is 1.36 bits per heavy atom. The average molecular weight is 540 g/mol. The minimum atomic E-state index is -0.0804. The van der Waals surface area contributed by atoms with Crippen molar-refractivity contribution >= 4 is 11.7 Å². The lowest BCUT2D eigenvalue weighted by atomic mass is 9.68. The van der Waals surface area contributed by atoms with Gasteiger partial charge in [0.25, 0.3) is 0 Å². The SMILES string of the molecule is CCCCCCCCCCCCCCCC(=O)N[C@H](CCC(=O)[C@@H]1C[C@H](C)CC[C@H]1C(C)C)c1ccccc1. The van der Waals surface area contributed by atoms with Crippen LogP contribution in [0.4, 0.5) is 0 Å². The largest absolute Gasteiger partial charge is 0.349 e. The summed E-state index contributed by atoms with van der Waals surface area (Å²) in [5, 5.41) is 3.29. The van der Waals surface area contributed by atoms with E-state index in [1.54, 1.807) is 0 Å². The van der Waals surface area contributed by atoms with E-state index in [9.17, 15) is 9.59 Å². The zero-order chi connectivity index (χ0) is 28.3. The van der Waals surface area contributed by atoms with E-state index in [1.165, 1.54) is 83.5 Å². The van der Waals surface area contributed by atoms with E-state index in [0.29, 0.717) is 42.8 Å². The zero-order valence-electron chi connectivity index (χ0n) is 26.0. The topological polar surface area (TPSA) is 46.2 Å². The fraction of sp³-hybridized carbons (Fsp3) is 0.778. The molecule has 0 heterocycles. The quantitative estimate of drug-likeness (QED) is 0.158. The molecule has 0 radical (unpaired) electrons. The molecule has 1 aromatic rings. The van der Waals surface area contributed by atoms with Gasteiger partial charge in [-0.2, -0.15) is 0 Å². The molecule has 4 atom stereocenters. The van der Waals surface area contributed by atoms with E-state index in [-0.39, 0.29) is 17.9 Å². The molecule has 1 saturated carbocycles.